The number of halogens is 2. The monoisotopic (exact) mass is 459 g/mol. The second-order valence-electron chi connectivity index (χ2n) is 7.54. The Morgan fingerprint density at radius 1 is 1.20 bits per heavy atom. The van der Waals surface area contributed by atoms with Crippen molar-refractivity contribution in [2.24, 2.45) is 0 Å². The Labute approximate surface area is 181 Å². The van der Waals surface area contributed by atoms with Gasteiger partial charge >= 0.3 is 7.60 Å². The Kier molecular flexibility index (Phi) is 7.28. The predicted octanol–water partition coefficient (Wildman–Crippen LogP) is 6.08. The van der Waals surface area contributed by atoms with Gasteiger partial charge in [0.25, 0.3) is 5.91 Å². The van der Waals surface area contributed by atoms with E-state index in [0.29, 0.717) is 18.4 Å². The molecule has 1 aliphatic heterocycles. The molecule has 0 fully saturated rings. The van der Waals surface area contributed by atoms with Gasteiger partial charge in [0.1, 0.15) is 11.6 Å². The van der Waals surface area contributed by atoms with Crippen LogP contribution in [0.15, 0.2) is 23.3 Å². The molecule has 1 aromatic rings. The summed E-state index contributed by atoms with van der Waals surface area (Å²) in [6.45, 7) is 7.34. The average Bonchev–Trinajstić information content (AvgIpc) is 2.97. The summed E-state index contributed by atoms with van der Waals surface area (Å²) < 4.78 is 45.7. The molecule has 9 heteroatoms. The molecule has 1 unspecified atom stereocenters. The van der Waals surface area contributed by atoms with Gasteiger partial charge in [0.2, 0.25) is 0 Å². The van der Waals surface area contributed by atoms with Crippen LogP contribution in [-0.4, -0.2) is 31.0 Å². The number of carbonyl (C=O) groups is 1. The molecule has 0 saturated carbocycles. The van der Waals surface area contributed by atoms with E-state index < -0.39 is 19.2 Å². The molecule has 2 aliphatic rings. The highest BCUT2D eigenvalue weighted by Gasteiger charge is 2.52. The van der Waals surface area contributed by atoms with Gasteiger partial charge in [-0.05, 0) is 65.0 Å². The maximum absolute atomic E-state index is 15.1. The van der Waals surface area contributed by atoms with Crippen molar-refractivity contribution >= 4 is 30.8 Å². The van der Waals surface area contributed by atoms with Gasteiger partial charge in [-0.3, -0.25) is 14.3 Å². The smallest absolute Gasteiger partial charge is 0.357 e. The normalized spacial score (nSPS) is 19.6. The van der Waals surface area contributed by atoms with Gasteiger partial charge in [-0.2, -0.15) is 0 Å². The Morgan fingerprint density at radius 2 is 1.83 bits per heavy atom. The summed E-state index contributed by atoms with van der Waals surface area (Å²) in [5, 5.41) is 0.101. The molecule has 30 heavy (non-hydrogen) atoms. The summed E-state index contributed by atoms with van der Waals surface area (Å²) in [5.74, 6) is -1.81. The van der Waals surface area contributed by atoms with Gasteiger partial charge in [0.05, 0.1) is 30.0 Å². The first-order valence-corrected chi connectivity index (χ1v) is 12.3. The molecule has 1 atom stereocenters. The summed E-state index contributed by atoms with van der Waals surface area (Å²) in [5.41, 5.74) is 1.25. The summed E-state index contributed by atoms with van der Waals surface area (Å²) in [6.07, 6.45) is 2.67. The SMILES string of the molecule is CCOP(=O)(OCC)C1C2=C(CCCC2)C(=O)N1c1cc(OC(C)C)c(Cl)cc1F. The minimum absolute atomic E-state index is 0.0425. The van der Waals surface area contributed by atoms with E-state index in [2.05, 4.69) is 0 Å². The lowest BCUT2D eigenvalue weighted by molar-refractivity contribution is -0.114. The Balaban J connectivity index is 2.17. The zero-order valence-electron chi connectivity index (χ0n) is 17.7. The van der Waals surface area contributed by atoms with Gasteiger partial charge in [-0.15, -0.1) is 0 Å². The third-order valence-corrected chi connectivity index (χ3v) is 7.76. The second kappa shape index (κ2) is 9.39. The third kappa shape index (κ3) is 4.31. The number of nitrogens with zero attached hydrogens (tertiary/aromatic N) is 1. The first-order chi connectivity index (χ1) is 14.2. The fourth-order valence-corrected chi connectivity index (χ4v) is 6.48. The van der Waals surface area contributed by atoms with E-state index in [-0.39, 0.29) is 41.7 Å². The van der Waals surface area contributed by atoms with Crippen molar-refractivity contribution in [2.45, 2.75) is 65.3 Å². The second-order valence-corrected chi connectivity index (χ2v) is 10.0. The number of hydrogen-bond acceptors (Lipinski definition) is 5. The summed E-state index contributed by atoms with van der Waals surface area (Å²) in [4.78, 5) is 14.6. The van der Waals surface area contributed by atoms with E-state index in [1.807, 2.05) is 13.8 Å². The number of benzene rings is 1. The number of anilines is 1. The van der Waals surface area contributed by atoms with Crippen LogP contribution in [0, 0.1) is 5.82 Å². The van der Waals surface area contributed by atoms with Crippen LogP contribution in [0.25, 0.3) is 0 Å². The minimum Gasteiger partial charge on any atom is -0.489 e. The van der Waals surface area contributed by atoms with E-state index in [4.69, 9.17) is 25.4 Å². The van der Waals surface area contributed by atoms with Crippen molar-refractivity contribution in [3.8, 4) is 5.75 Å². The Hall–Kier alpha value is -1.40. The molecule has 0 saturated heterocycles. The molecule has 0 spiro atoms. The highest BCUT2D eigenvalue weighted by molar-refractivity contribution is 7.55. The number of ether oxygens (including phenoxy) is 1. The van der Waals surface area contributed by atoms with Gasteiger partial charge in [-0.1, -0.05) is 11.6 Å². The van der Waals surface area contributed by atoms with Crippen molar-refractivity contribution in [1.82, 2.24) is 0 Å². The number of hydrogen-bond donors (Lipinski definition) is 0. The molecular weight excluding hydrogens is 432 g/mol. The number of carbonyl (C=O) groups excluding carboxylic acids is 1. The summed E-state index contributed by atoms with van der Waals surface area (Å²) in [6, 6.07) is 2.51. The molecule has 1 aliphatic carbocycles. The zero-order chi connectivity index (χ0) is 22.1. The van der Waals surface area contributed by atoms with E-state index in [1.165, 1.54) is 11.0 Å². The van der Waals surface area contributed by atoms with Crippen LogP contribution in [0.1, 0.15) is 53.4 Å². The lowest BCUT2D eigenvalue weighted by Gasteiger charge is -2.33. The van der Waals surface area contributed by atoms with Crippen LogP contribution in [0.2, 0.25) is 5.02 Å². The van der Waals surface area contributed by atoms with Crippen molar-refractivity contribution in [2.75, 3.05) is 18.1 Å². The van der Waals surface area contributed by atoms with Gasteiger partial charge in [0, 0.05) is 11.6 Å². The van der Waals surface area contributed by atoms with Crippen LogP contribution in [0.5, 0.6) is 5.75 Å². The molecule has 6 nitrogen and oxygen atoms in total. The molecule has 0 bridgehead atoms. The maximum atomic E-state index is 15.1. The van der Waals surface area contributed by atoms with Crippen LogP contribution in [-0.2, 0) is 18.4 Å². The topological polar surface area (TPSA) is 65.1 Å². The maximum Gasteiger partial charge on any atom is 0.357 e. The van der Waals surface area contributed by atoms with E-state index in [1.54, 1.807) is 13.8 Å². The third-order valence-electron chi connectivity index (χ3n) is 5.08. The van der Waals surface area contributed by atoms with E-state index >= 15 is 4.39 Å². The Bertz CT molecular complexity index is 894. The van der Waals surface area contributed by atoms with Gasteiger partial charge < -0.3 is 13.8 Å². The highest BCUT2D eigenvalue weighted by atomic mass is 35.5. The standard InChI is InChI=1S/C21H28ClFNO5P/c1-5-27-30(26,28-6-2)21-15-10-8-7-9-14(15)20(25)24(21)18-12-19(29-13(3)4)16(22)11-17(18)23/h11-13,21H,5-10H2,1-4H3. The van der Waals surface area contributed by atoms with Crippen LogP contribution < -0.4 is 9.64 Å². The quantitative estimate of drug-likeness (QED) is 0.441. The molecule has 3 rings (SSSR count). The minimum atomic E-state index is -3.78. The van der Waals surface area contributed by atoms with Crippen LogP contribution >= 0.6 is 19.2 Å². The first-order valence-electron chi connectivity index (χ1n) is 10.3. The fraction of sp³-hybridized carbons (Fsp3) is 0.571. The molecule has 0 N–H and O–H groups in total. The summed E-state index contributed by atoms with van der Waals surface area (Å²) in [7, 11) is -3.78. The average molecular weight is 460 g/mol. The molecule has 0 aromatic heterocycles. The first kappa shape index (κ1) is 23.3. The molecule has 1 heterocycles. The molecular formula is C21H28ClFNO5P. The highest BCUT2D eigenvalue weighted by Crippen LogP contribution is 2.61. The van der Waals surface area contributed by atoms with Crippen LogP contribution in [0.4, 0.5) is 10.1 Å². The molecule has 166 valence electrons. The predicted molar refractivity (Wildman–Crippen MR) is 115 cm³/mol. The van der Waals surface area contributed by atoms with Crippen molar-refractivity contribution in [3.05, 3.63) is 34.1 Å². The molecule has 1 amide bonds. The van der Waals surface area contributed by atoms with Crippen LogP contribution in [0.3, 0.4) is 0 Å². The van der Waals surface area contributed by atoms with Gasteiger partial charge in [-0.25, -0.2) is 4.39 Å². The largest absolute Gasteiger partial charge is 0.489 e. The summed E-state index contributed by atoms with van der Waals surface area (Å²) >= 11 is 6.15. The van der Waals surface area contributed by atoms with E-state index in [0.717, 1.165) is 24.5 Å². The van der Waals surface area contributed by atoms with Crippen molar-refractivity contribution in [3.63, 3.8) is 0 Å². The molecule has 1 aromatic carbocycles. The lowest BCUT2D eigenvalue weighted by atomic mass is 9.94. The number of rotatable bonds is 8. The van der Waals surface area contributed by atoms with Crippen molar-refractivity contribution < 1.29 is 27.5 Å². The van der Waals surface area contributed by atoms with Crippen molar-refractivity contribution in [1.29, 1.82) is 0 Å². The zero-order valence-corrected chi connectivity index (χ0v) is 19.4. The lowest BCUT2D eigenvalue weighted by Crippen LogP contribution is -2.37. The molecule has 0 radical (unpaired) electrons. The Morgan fingerprint density at radius 3 is 2.43 bits per heavy atom. The number of amides is 1. The fourth-order valence-electron chi connectivity index (χ4n) is 4.03. The van der Waals surface area contributed by atoms with Gasteiger partial charge in [0.15, 0.2) is 5.78 Å². The van der Waals surface area contributed by atoms with E-state index in [9.17, 15) is 9.36 Å².